The number of hydrogen-bond donors (Lipinski definition) is 4. The summed E-state index contributed by atoms with van der Waals surface area (Å²) in [7, 11) is 0. The van der Waals surface area contributed by atoms with E-state index in [4.69, 9.17) is 18.9 Å². The van der Waals surface area contributed by atoms with Gasteiger partial charge in [0.05, 0.1) is 6.61 Å². The Labute approximate surface area is 336 Å². The van der Waals surface area contributed by atoms with Gasteiger partial charge in [-0.05, 0) is 77.0 Å². The minimum atomic E-state index is -1.87. The third-order valence-electron chi connectivity index (χ3n) is 9.35. The molecule has 6 atom stereocenters. The van der Waals surface area contributed by atoms with Gasteiger partial charge < -0.3 is 39.4 Å². The van der Waals surface area contributed by atoms with Crippen LogP contribution in [-0.2, 0) is 33.3 Å². The number of carboxylic acids is 1. The van der Waals surface area contributed by atoms with Crippen LogP contribution in [0.25, 0.3) is 0 Å². The maximum atomic E-state index is 12.7. The maximum Gasteiger partial charge on any atom is 0.335 e. The summed E-state index contributed by atoms with van der Waals surface area (Å²) in [6.07, 6.45) is 32.7. The van der Waals surface area contributed by atoms with Gasteiger partial charge in [-0.3, -0.25) is 9.59 Å². The van der Waals surface area contributed by atoms with E-state index < -0.39 is 61.3 Å². The average Bonchev–Trinajstić information content (AvgIpc) is 3.18. The zero-order chi connectivity index (χ0) is 41.1. The molecule has 1 aliphatic heterocycles. The topological polar surface area (TPSA) is 169 Å². The van der Waals surface area contributed by atoms with Gasteiger partial charge in [-0.1, -0.05) is 126 Å². The van der Waals surface area contributed by atoms with Gasteiger partial charge in [0.15, 0.2) is 18.5 Å². The Morgan fingerprint density at radius 3 is 1.61 bits per heavy atom. The molecule has 320 valence electrons. The van der Waals surface area contributed by atoms with Crippen LogP contribution < -0.4 is 0 Å². The Bertz CT molecular complexity index is 1160. The fourth-order valence-corrected chi connectivity index (χ4v) is 5.98. The Hall–Kier alpha value is -3.09. The Balaban J connectivity index is 2.42. The lowest BCUT2D eigenvalue weighted by Crippen LogP contribution is -2.60. The summed E-state index contributed by atoms with van der Waals surface area (Å²) in [6, 6.07) is 0. The standard InChI is InChI=1S/C45H74O11/c1-3-5-7-9-11-13-15-17-18-19-20-22-23-25-27-29-31-33-38(46)53-35-37(36-54-45-42(50)40(48)41(49)43(56-45)44(51)52)55-39(47)34-32-30-28-26-24-21-16-14-12-10-8-6-4-2/h5,7,11,13-14,16-18,20,22,37,40-43,45,48-50H,3-4,6,8-10,12,15,19,21,23-36H2,1-2H3,(H,51,52)/b7-5-,13-11-,16-14-,18-17-,22-20-. The van der Waals surface area contributed by atoms with E-state index in [1.807, 2.05) is 0 Å². The first-order chi connectivity index (χ1) is 27.2. The van der Waals surface area contributed by atoms with Crippen molar-refractivity contribution in [1.29, 1.82) is 0 Å². The van der Waals surface area contributed by atoms with Gasteiger partial charge in [-0.2, -0.15) is 0 Å². The summed E-state index contributed by atoms with van der Waals surface area (Å²) in [4.78, 5) is 36.7. The first-order valence-electron chi connectivity index (χ1n) is 21.3. The largest absolute Gasteiger partial charge is 0.479 e. The van der Waals surface area contributed by atoms with E-state index >= 15 is 0 Å². The van der Waals surface area contributed by atoms with Gasteiger partial charge in [0, 0.05) is 12.8 Å². The highest BCUT2D eigenvalue weighted by molar-refractivity contribution is 5.73. The van der Waals surface area contributed by atoms with Crippen LogP contribution in [0.5, 0.6) is 0 Å². The molecule has 0 radical (unpaired) electrons. The number of carbonyl (C=O) groups excluding carboxylic acids is 2. The molecule has 0 aromatic heterocycles. The molecule has 0 amide bonds. The van der Waals surface area contributed by atoms with E-state index in [9.17, 15) is 34.8 Å². The van der Waals surface area contributed by atoms with Crippen molar-refractivity contribution in [2.75, 3.05) is 13.2 Å². The normalized spacial score (nSPS) is 20.9. The van der Waals surface area contributed by atoms with E-state index in [2.05, 4.69) is 74.6 Å². The van der Waals surface area contributed by atoms with Crippen LogP contribution in [0, 0.1) is 0 Å². The SMILES string of the molecule is CC/C=C\C/C=C\C/C=C\C/C=C\CCCCCCC(=O)OCC(COC1OC(C(=O)O)C(O)C(O)C1O)OC(=O)CCCCCCC/C=C\CCCCCC. The molecule has 1 aliphatic rings. The van der Waals surface area contributed by atoms with Crippen molar-refractivity contribution in [3.63, 3.8) is 0 Å². The van der Waals surface area contributed by atoms with Crippen LogP contribution in [0.15, 0.2) is 60.8 Å². The molecule has 0 aliphatic carbocycles. The third-order valence-corrected chi connectivity index (χ3v) is 9.35. The van der Waals surface area contributed by atoms with E-state index in [0.29, 0.717) is 12.8 Å². The zero-order valence-electron chi connectivity index (χ0n) is 34.4. The van der Waals surface area contributed by atoms with Crippen LogP contribution >= 0.6 is 0 Å². The first kappa shape index (κ1) is 50.9. The molecule has 0 saturated carbocycles. The molecule has 56 heavy (non-hydrogen) atoms. The summed E-state index contributed by atoms with van der Waals surface area (Å²) in [6.45, 7) is 3.63. The molecule has 11 nitrogen and oxygen atoms in total. The van der Waals surface area contributed by atoms with Crippen molar-refractivity contribution in [3.8, 4) is 0 Å². The van der Waals surface area contributed by atoms with Crippen LogP contribution in [-0.4, -0.2) is 88.4 Å². The van der Waals surface area contributed by atoms with Crippen molar-refractivity contribution >= 4 is 17.9 Å². The zero-order valence-corrected chi connectivity index (χ0v) is 34.4. The summed E-state index contributed by atoms with van der Waals surface area (Å²) in [5, 5.41) is 39.7. The molecule has 6 unspecified atom stereocenters. The van der Waals surface area contributed by atoms with Gasteiger partial charge in [-0.15, -0.1) is 0 Å². The highest BCUT2D eigenvalue weighted by Gasteiger charge is 2.47. The fourth-order valence-electron chi connectivity index (χ4n) is 5.98. The monoisotopic (exact) mass is 791 g/mol. The number of ether oxygens (including phenoxy) is 4. The molecule has 4 N–H and O–H groups in total. The predicted octanol–water partition coefficient (Wildman–Crippen LogP) is 8.75. The van der Waals surface area contributed by atoms with E-state index in [0.717, 1.165) is 89.9 Å². The van der Waals surface area contributed by atoms with E-state index in [-0.39, 0.29) is 19.4 Å². The number of aliphatic hydroxyl groups excluding tert-OH is 3. The van der Waals surface area contributed by atoms with Gasteiger partial charge in [0.1, 0.15) is 24.9 Å². The lowest BCUT2D eigenvalue weighted by atomic mass is 9.99. The minimum absolute atomic E-state index is 0.164. The quantitative estimate of drug-likeness (QED) is 0.0279. The number of carboxylic acid groups (broad SMARTS) is 1. The molecule has 0 spiro atoms. The molecule has 1 rings (SSSR count). The number of rotatable bonds is 34. The van der Waals surface area contributed by atoms with Crippen LogP contribution in [0.4, 0.5) is 0 Å². The highest BCUT2D eigenvalue weighted by atomic mass is 16.7. The third kappa shape index (κ3) is 26.7. The molecule has 0 bridgehead atoms. The second-order valence-electron chi connectivity index (χ2n) is 14.4. The Kier molecular flexibility index (Phi) is 31.9. The average molecular weight is 791 g/mol. The summed E-state index contributed by atoms with van der Waals surface area (Å²) in [5.74, 6) is -2.49. The maximum absolute atomic E-state index is 12.7. The lowest BCUT2D eigenvalue weighted by molar-refractivity contribution is -0.298. The summed E-state index contributed by atoms with van der Waals surface area (Å²) in [5.41, 5.74) is 0. The van der Waals surface area contributed by atoms with Crippen LogP contribution in [0.1, 0.15) is 155 Å². The van der Waals surface area contributed by atoms with Crippen molar-refractivity contribution in [2.45, 2.75) is 192 Å². The lowest BCUT2D eigenvalue weighted by Gasteiger charge is -2.38. The molecule has 1 fully saturated rings. The van der Waals surface area contributed by atoms with Crippen LogP contribution in [0.3, 0.4) is 0 Å². The van der Waals surface area contributed by atoms with E-state index in [1.165, 1.54) is 25.7 Å². The Morgan fingerprint density at radius 2 is 1.05 bits per heavy atom. The number of carbonyl (C=O) groups is 3. The molecular formula is C45H74O11. The fraction of sp³-hybridized carbons (Fsp3) is 0.711. The number of unbranched alkanes of at least 4 members (excludes halogenated alkanes) is 13. The second kappa shape index (κ2) is 35.1. The highest BCUT2D eigenvalue weighted by Crippen LogP contribution is 2.23. The molecule has 1 saturated heterocycles. The molecule has 0 aromatic rings. The van der Waals surface area contributed by atoms with Gasteiger partial charge >= 0.3 is 17.9 Å². The van der Waals surface area contributed by atoms with Crippen molar-refractivity contribution in [2.24, 2.45) is 0 Å². The smallest absolute Gasteiger partial charge is 0.335 e. The van der Waals surface area contributed by atoms with Crippen molar-refractivity contribution < 1.29 is 53.8 Å². The second-order valence-corrected chi connectivity index (χ2v) is 14.4. The summed E-state index contributed by atoms with van der Waals surface area (Å²) >= 11 is 0. The first-order valence-corrected chi connectivity index (χ1v) is 21.3. The number of allylic oxidation sites excluding steroid dienone is 10. The summed E-state index contributed by atoms with van der Waals surface area (Å²) < 4.78 is 21.7. The Morgan fingerprint density at radius 1 is 0.571 bits per heavy atom. The number of esters is 2. The molecule has 0 aromatic carbocycles. The molecule has 1 heterocycles. The number of aliphatic hydroxyl groups is 3. The van der Waals surface area contributed by atoms with Gasteiger partial charge in [0.2, 0.25) is 0 Å². The molecular weight excluding hydrogens is 716 g/mol. The van der Waals surface area contributed by atoms with Crippen LogP contribution in [0.2, 0.25) is 0 Å². The van der Waals surface area contributed by atoms with Crippen molar-refractivity contribution in [1.82, 2.24) is 0 Å². The number of hydrogen-bond acceptors (Lipinski definition) is 10. The number of aliphatic carboxylic acids is 1. The molecule has 11 heteroatoms. The van der Waals surface area contributed by atoms with E-state index in [1.54, 1.807) is 0 Å². The minimum Gasteiger partial charge on any atom is -0.479 e. The predicted molar refractivity (Wildman–Crippen MR) is 220 cm³/mol. The van der Waals surface area contributed by atoms with Crippen molar-refractivity contribution in [3.05, 3.63) is 60.8 Å². The van der Waals surface area contributed by atoms with Gasteiger partial charge in [0.25, 0.3) is 0 Å². The van der Waals surface area contributed by atoms with Gasteiger partial charge in [-0.25, -0.2) is 4.79 Å².